The third kappa shape index (κ3) is 56.1. The van der Waals surface area contributed by atoms with E-state index in [0.717, 1.165) is 89.0 Å². The number of phenols is 5. The molecule has 0 saturated carbocycles. The van der Waals surface area contributed by atoms with E-state index in [0.29, 0.717) is 80.4 Å². The Bertz CT molecular complexity index is 4780. The fraction of sp³-hybridized carbons (Fsp3) is 0.378. The quantitative estimate of drug-likeness (QED) is 0.0109. The molecule has 11 rings (SSSR count). The van der Waals surface area contributed by atoms with Crippen molar-refractivity contribution in [3.63, 3.8) is 0 Å². The number of nitrogens with two attached hydrogens (primary N) is 1. The van der Waals surface area contributed by atoms with Crippen molar-refractivity contribution in [3.8, 4) is 28.7 Å². The predicted molar refractivity (Wildman–Crippen MR) is 599 cm³/mol. The largest absolute Gasteiger partial charge is 4.00 e. The van der Waals surface area contributed by atoms with Crippen LogP contribution in [0.3, 0.4) is 0 Å². The van der Waals surface area contributed by atoms with Gasteiger partial charge in [-0.2, -0.15) is 148 Å². The van der Waals surface area contributed by atoms with Crippen molar-refractivity contribution in [2.75, 3.05) is 19.6 Å². The molecule has 763 valence electrons. The Kier molecular flexibility index (Phi) is 67.4. The van der Waals surface area contributed by atoms with Gasteiger partial charge in [0.05, 0.1) is 5.88 Å². The van der Waals surface area contributed by atoms with Crippen LogP contribution in [0.4, 0.5) is 0 Å². The molecule has 0 aliphatic rings. The number of phenolic OH excluding ortho intramolecular Hbond substituents is 5. The van der Waals surface area contributed by atoms with E-state index in [1.807, 2.05) is 200 Å². The molecular formula is C127H176ClK2N3O8Zr2+. The number of benzene rings is 11. The molecule has 0 spiro atoms. The fourth-order valence-corrected chi connectivity index (χ4v) is 13.9. The third-order valence-electron chi connectivity index (χ3n) is 22.1. The smallest absolute Gasteiger partial charge is 1.00 e. The van der Waals surface area contributed by atoms with Crippen LogP contribution in [0.15, 0.2) is 281 Å². The van der Waals surface area contributed by atoms with Crippen LogP contribution in [0.2, 0.25) is 0 Å². The Labute approximate surface area is 999 Å². The summed E-state index contributed by atoms with van der Waals surface area (Å²) in [4.78, 5) is 15.7. The maximum atomic E-state index is 11.4. The van der Waals surface area contributed by atoms with E-state index in [1.165, 1.54) is 27.8 Å². The summed E-state index contributed by atoms with van der Waals surface area (Å²) in [5, 5.41) is 64.1. The number of carbonyl (C=O) groups is 1. The van der Waals surface area contributed by atoms with Gasteiger partial charge in [0.15, 0.2) is 0 Å². The van der Waals surface area contributed by atoms with Crippen LogP contribution in [0, 0.1) is 41.5 Å². The minimum absolute atomic E-state index is 0. The maximum Gasteiger partial charge on any atom is 4.00 e. The van der Waals surface area contributed by atoms with E-state index >= 15 is 0 Å². The van der Waals surface area contributed by atoms with Crippen molar-refractivity contribution < 1.29 is 197 Å². The summed E-state index contributed by atoms with van der Waals surface area (Å²) in [5.74, 6) is 2.17. The molecule has 0 atom stereocenters. The zero-order valence-corrected chi connectivity index (χ0v) is 106. The molecule has 0 unspecified atom stereocenters. The zero-order valence-electron chi connectivity index (χ0n) is 94.7. The van der Waals surface area contributed by atoms with Gasteiger partial charge in [0.25, 0.3) is 6.47 Å². The number of rotatable bonds is 15. The first-order valence-electron chi connectivity index (χ1n) is 47.9. The van der Waals surface area contributed by atoms with Crippen LogP contribution < -0.4 is 114 Å². The van der Waals surface area contributed by atoms with Gasteiger partial charge in [-0.1, -0.05) is 323 Å². The summed E-state index contributed by atoms with van der Waals surface area (Å²) < 4.78 is 0. The van der Waals surface area contributed by atoms with E-state index in [-0.39, 0.29) is 217 Å². The average Bonchev–Trinajstić information content (AvgIpc) is 0.774. The standard InChI is InChI=1S/2C33H51NO2.C15H23ClO.6C7H7.C3H7N.CH2O3.2K.2Zr.H/c2*1-14-15-34(20-22-16-24(30(2,3)4)18-26(28(22)35)32(8,9)10)21-23-17-25(31(5,6)7)19-27(29(23)36)33(11,12)13;1-14(2,3)11-7-10(9-16)13(17)12(8-11)15(4,5)6;6*1-7-5-3-2-4-6-7;1-2-3-4;2-1-4-3;;;;;/h2*14,16-19,35-36H,1,15,20-21H2,2-13H3;7-8,17H,9H2,1-6H3;6*2-6H,1H2;2H,1,3-4H2;1,3H;;;;;/q;;;6*-1;;;2*+1;+3;+4;-1/p-1. The van der Waals surface area contributed by atoms with Crippen molar-refractivity contribution in [1.82, 2.24) is 9.80 Å². The molecule has 11 aromatic carbocycles. The second kappa shape index (κ2) is 67.5. The number of nitrogens with zero attached hydrogens (tertiary/aromatic N) is 2. The zero-order chi connectivity index (χ0) is 107. The summed E-state index contributed by atoms with van der Waals surface area (Å²) in [5.41, 5.74) is 25.9. The van der Waals surface area contributed by atoms with E-state index in [1.54, 1.807) is 6.08 Å². The van der Waals surface area contributed by atoms with Crippen LogP contribution in [-0.2, 0) is 148 Å². The van der Waals surface area contributed by atoms with Crippen LogP contribution in [0.5, 0.6) is 28.7 Å². The average molecular weight is 2170 g/mol. The number of hydrogen-bond acceptors (Lipinski definition) is 11. The van der Waals surface area contributed by atoms with Gasteiger partial charge in [0, 0.05) is 73.6 Å². The van der Waals surface area contributed by atoms with Crippen LogP contribution in [0.25, 0.3) is 0 Å². The van der Waals surface area contributed by atoms with Crippen molar-refractivity contribution in [2.24, 2.45) is 5.73 Å². The summed E-state index contributed by atoms with van der Waals surface area (Å²) in [6.07, 6.45) is 5.44. The Morgan fingerprint density at radius 3 is 0.545 bits per heavy atom. The summed E-state index contributed by atoms with van der Waals surface area (Å²) in [6, 6.07) is 80.6. The van der Waals surface area contributed by atoms with Crippen molar-refractivity contribution in [3.05, 3.63) is 439 Å². The van der Waals surface area contributed by atoms with Gasteiger partial charge in [0.1, 0.15) is 28.7 Å². The van der Waals surface area contributed by atoms with Gasteiger partial charge in [-0.15, -0.1) is 104 Å². The number of halogens is 1. The Morgan fingerprint density at radius 2 is 0.448 bits per heavy atom. The molecule has 1 radical (unpaired) electrons. The number of alkyl halides is 1. The third-order valence-corrected chi connectivity index (χ3v) is 22.4. The van der Waals surface area contributed by atoms with E-state index in [2.05, 4.69) is 338 Å². The van der Waals surface area contributed by atoms with Crippen molar-refractivity contribution in [2.45, 2.75) is 294 Å². The molecular weight excluding hydrogens is 1990 g/mol. The maximum absolute atomic E-state index is 11.4. The Hall–Kier alpha value is -6.50. The molecule has 11 nitrogen and oxygen atoms in total. The number of hydrogen-bond donors (Lipinski definition) is 6. The molecule has 0 aliphatic carbocycles. The van der Waals surface area contributed by atoms with Gasteiger partial charge in [-0.3, -0.25) is 14.6 Å². The Morgan fingerprint density at radius 1 is 0.308 bits per heavy atom. The predicted octanol–water partition coefficient (Wildman–Crippen LogP) is 25.6. The van der Waals surface area contributed by atoms with Crippen LogP contribution in [0.1, 0.15) is 326 Å². The molecule has 11 aromatic rings. The van der Waals surface area contributed by atoms with Crippen LogP contribution >= 0.6 is 11.6 Å². The van der Waals surface area contributed by atoms with Gasteiger partial charge < -0.3 is 42.8 Å². The molecule has 0 heterocycles. The molecule has 0 fully saturated rings. The van der Waals surface area contributed by atoms with Crippen molar-refractivity contribution >= 4 is 18.1 Å². The first kappa shape index (κ1) is 143. The number of carbonyl (C=O) groups excluding carboxylic acids is 1. The molecule has 0 amide bonds. The second-order valence-electron chi connectivity index (χ2n) is 45.3. The minimum atomic E-state index is -0.181. The van der Waals surface area contributed by atoms with Crippen molar-refractivity contribution in [1.29, 1.82) is 0 Å². The topological polar surface area (TPSA) is 183 Å². The van der Waals surface area contributed by atoms with Gasteiger partial charge in [-0.05, 0) is 110 Å². The second-order valence-corrected chi connectivity index (χ2v) is 45.6. The van der Waals surface area contributed by atoms with Gasteiger partial charge in [0.2, 0.25) is 0 Å². The normalized spacial score (nSPS) is 11.1. The molecule has 0 aliphatic heterocycles. The number of aromatic hydroxyl groups is 5. The Balaban J connectivity index is -0.000000541. The molecule has 0 saturated heterocycles. The van der Waals surface area contributed by atoms with E-state index in [4.69, 9.17) is 27.4 Å². The SMILES string of the molecule is C=CCN.C=CCN(Cc1cc(C(C)(C)C)cc(C(C)(C)C)c1O)Cc1cc(C(C)(C)C)cc(C(C)(C)C)c1O.C=CCN(Cc1cc(C(C)(C)C)cc(C(C)(C)C)c1O)Cc1cc(C(C)(C)C)cc(C(C)(C)C)c1O.CC(C)(C)c1cc(CCl)c(O)c(C(C)(C)C)c1.O=CO[O-].[CH2-]c1ccccc1.[CH2-]c1ccccc1.[CH2-]c1ccccc1.[CH2-]c1ccccc1.[CH2-]c1ccccc1.[CH2-]c1ccccc1.[H-].[K+].[K+].[Zr+3].[Zr+4]. The summed E-state index contributed by atoms with van der Waals surface area (Å²) >= 11 is 5.92. The molecule has 0 aromatic heterocycles. The molecule has 16 heteroatoms. The summed E-state index contributed by atoms with van der Waals surface area (Å²) in [7, 11) is 0. The van der Waals surface area contributed by atoms with E-state index in [9.17, 15) is 25.5 Å². The first-order chi connectivity index (χ1) is 64.1. The van der Waals surface area contributed by atoms with Crippen LogP contribution in [-0.4, -0.2) is 61.4 Å². The van der Waals surface area contributed by atoms with E-state index < -0.39 is 0 Å². The molecule has 143 heavy (non-hydrogen) atoms. The summed E-state index contributed by atoms with van der Waals surface area (Å²) in [6.45, 7) is 103. The minimum Gasteiger partial charge on any atom is -1.00 e. The molecule has 0 bridgehead atoms. The molecule has 7 N–H and O–H groups in total. The van der Waals surface area contributed by atoms with Gasteiger partial charge >= 0.3 is 155 Å². The van der Waals surface area contributed by atoms with Gasteiger partial charge in [-0.25, -0.2) is 0 Å². The first-order valence-corrected chi connectivity index (χ1v) is 48.4. The fourth-order valence-electron chi connectivity index (χ4n) is 13.6. The monoisotopic (exact) mass is 2160 g/mol.